The highest BCUT2D eigenvalue weighted by molar-refractivity contribution is 5.99. The Balaban J connectivity index is 1.58. The van der Waals surface area contributed by atoms with E-state index in [1.807, 2.05) is 0 Å². The molecule has 3 fully saturated rings. The first-order chi connectivity index (χ1) is 14.5. The van der Waals surface area contributed by atoms with E-state index >= 15 is 0 Å². The molecule has 2 heterocycles. The van der Waals surface area contributed by atoms with Crippen LogP contribution in [0.3, 0.4) is 0 Å². The van der Waals surface area contributed by atoms with Crippen molar-refractivity contribution in [1.29, 1.82) is 0 Å². The van der Waals surface area contributed by atoms with Gasteiger partial charge in [0.2, 0.25) is 5.91 Å². The number of hydrogen-bond acceptors (Lipinski definition) is 6. The van der Waals surface area contributed by atoms with E-state index in [1.54, 1.807) is 6.07 Å². The molecule has 1 aromatic carbocycles. The predicted molar refractivity (Wildman–Crippen MR) is 107 cm³/mol. The van der Waals surface area contributed by atoms with E-state index in [-0.39, 0.29) is 29.9 Å². The molecule has 2 aliphatic heterocycles. The van der Waals surface area contributed by atoms with Gasteiger partial charge in [-0.1, -0.05) is 12.5 Å². The normalized spacial score (nSPS) is 25.4. The third-order valence-electron chi connectivity index (χ3n) is 6.25. The number of carbonyl (C=O) groups excluding carboxylic acids is 2. The van der Waals surface area contributed by atoms with Gasteiger partial charge in [-0.05, 0) is 44.6 Å². The number of carbonyl (C=O) groups is 2. The Kier molecular flexibility index (Phi) is 6.01. The zero-order chi connectivity index (χ0) is 21.1. The van der Waals surface area contributed by atoms with Crippen molar-refractivity contribution in [2.45, 2.75) is 62.8 Å². The highest BCUT2D eigenvalue weighted by atomic mass is 16.6. The van der Waals surface area contributed by atoms with Crippen LogP contribution in [0, 0.1) is 10.1 Å². The lowest BCUT2D eigenvalue weighted by atomic mass is 9.89. The van der Waals surface area contributed by atoms with Crippen LogP contribution in [0.5, 0.6) is 0 Å². The highest BCUT2D eigenvalue weighted by Gasteiger charge is 2.53. The number of ether oxygens (including phenoxy) is 2. The fraction of sp³-hybridized carbons (Fsp3) is 0.619. The van der Waals surface area contributed by atoms with Gasteiger partial charge in [-0.25, -0.2) is 0 Å². The Morgan fingerprint density at radius 1 is 1.23 bits per heavy atom. The topological polar surface area (TPSA) is 111 Å². The summed E-state index contributed by atoms with van der Waals surface area (Å²) in [4.78, 5) is 38.7. The Morgan fingerprint density at radius 2 is 2.03 bits per heavy atom. The first kappa shape index (κ1) is 20.7. The van der Waals surface area contributed by atoms with Gasteiger partial charge >= 0.3 is 0 Å². The molecule has 0 bridgehead atoms. The van der Waals surface area contributed by atoms with Crippen molar-refractivity contribution in [2.75, 3.05) is 19.8 Å². The van der Waals surface area contributed by atoms with Gasteiger partial charge in [-0.15, -0.1) is 0 Å². The molecule has 0 radical (unpaired) electrons. The minimum Gasteiger partial charge on any atom is -0.376 e. The first-order valence-corrected chi connectivity index (χ1v) is 10.6. The van der Waals surface area contributed by atoms with E-state index < -0.39 is 22.6 Å². The number of non-ortho nitro benzene ring substituents is 1. The van der Waals surface area contributed by atoms with Gasteiger partial charge in [-0.3, -0.25) is 24.6 Å². The molecular formula is C21H27N3O6. The number of nitrogens with zero attached hydrogens (tertiary/aromatic N) is 2. The maximum atomic E-state index is 13.5. The van der Waals surface area contributed by atoms with Crippen molar-refractivity contribution in [1.82, 2.24) is 10.2 Å². The highest BCUT2D eigenvalue weighted by Crippen LogP contribution is 2.41. The number of rotatable bonds is 5. The summed E-state index contributed by atoms with van der Waals surface area (Å²) in [6.07, 6.45) is 6.06. The summed E-state index contributed by atoms with van der Waals surface area (Å²) in [5.74, 6) is -0.679. The van der Waals surface area contributed by atoms with Gasteiger partial charge in [0.1, 0.15) is 11.8 Å². The Bertz CT molecular complexity index is 817. The lowest BCUT2D eigenvalue weighted by Crippen LogP contribution is -2.56. The zero-order valence-electron chi connectivity index (χ0n) is 16.9. The quantitative estimate of drug-likeness (QED) is 0.582. The van der Waals surface area contributed by atoms with E-state index in [0.29, 0.717) is 26.0 Å². The second kappa shape index (κ2) is 8.69. The van der Waals surface area contributed by atoms with Crippen LogP contribution in [-0.2, 0) is 14.3 Å². The minimum absolute atomic E-state index is 0.000775. The van der Waals surface area contributed by atoms with Crippen molar-refractivity contribution in [3.63, 3.8) is 0 Å². The standard InChI is InChI=1S/C21H27N3O6/c25-19(22-13-17-8-5-11-29-17)18-14-30-21(9-2-1-3-10-21)23(18)20(26)15-6-4-7-16(12-15)24(27)28/h4,6-7,12,17-18H,1-3,5,8-11,13-14H2,(H,22,25)/t17-,18+/m1/s1. The lowest BCUT2D eigenvalue weighted by Gasteiger charge is -2.41. The molecule has 1 N–H and O–H groups in total. The molecule has 1 spiro atoms. The number of hydrogen-bond donors (Lipinski definition) is 1. The second-order valence-electron chi connectivity index (χ2n) is 8.20. The van der Waals surface area contributed by atoms with E-state index in [1.165, 1.54) is 23.1 Å². The van der Waals surface area contributed by atoms with Crippen molar-refractivity contribution < 1.29 is 24.0 Å². The summed E-state index contributed by atoms with van der Waals surface area (Å²) >= 11 is 0. The monoisotopic (exact) mass is 417 g/mol. The molecule has 4 rings (SSSR count). The van der Waals surface area contributed by atoms with Crippen LogP contribution < -0.4 is 5.32 Å². The van der Waals surface area contributed by atoms with Crippen molar-refractivity contribution in [3.05, 3.63) is 39.9 Å². The summed E-state index contributed by atoms with van der Waals surface area (Å²) in [6, 6.07) is 4.88. The molecular weight excluding hydrogens is 390 g/mol. The second-order valence-corrected chi connectivity index (χ2v) is 8.20. The van der Waals surface area contributed by atoms with Crippen LogP contribution in [0.2, 0.25) is 0 Å². The fourth-order valence-electron chi connectivity index (χ4n) is 4.70. The average Bonchev–Trinajstić information content (AvgIpc) is 3.40. The number of nitrogens with one attached hydrogen (secondary N) is 1. The lowest BCUT2D eigenvalue weighted by molar-refractivity contribution is -0.384. The SMILES string of the molecule is O=C(NC[C@H]1CCCO1)[C@@H]1COC2(CCCCC2)N1C(=O)c1cccc([N+](=O)[O-])c1. The molecule has 2 amide bonds. The molecule has 0 unspecified atom stereocenters. The van der Waals surface area contributed by atoms with Gasteiger partial charge < -0.3 is 14.8 Å². The summed E-state index contributed by atoms with van der Waals surface area (Å²) in [6.45, 7) is 1.23. The molecule has 9 heteroatoms. The van der Waals surface area contributed by atoms with Crippen LogP contribution in [0.15, 0.2) is 24.3 Å². The van der Waals surface area contributed by atoms with Gasteiger partial charge in [0.15, 0.2) is 0 Å². The molecule has 2 atom stereocenters. The van der Waals surface area contributed by atoms with Crippen LogP contribution in [0.1, 0.15) is 55.3 Å². The van der Waals surface area contributed by atoms with Crippen molar-refractivity contribution in [3.8, 4) is 0 Å². The van der Waals surface area contributed by atoms with E-state index in [9.17, 15) is 19.7 Å². The number of nitro benzene ring substituents is 1. The molecule has 2 saturated heterocycles. The van der Waals surface area contributed by atoms with Crippen LogP contribution in [0.4, 0.5) is 5.69 Å². The molecule has 1 saturated carbocycles. The largest absolute Gasteiger partial charge is 0.376 e. The summed E-state index contributed by atoms with van der Waals surface area (Å²) in [7, 11) is 0. The molecule has 1 aliphatic carbocycles. The molecule has 3 aliphatic rings. The van der Waals surface area contributed by atoms with Crippen molar-refractivity contribution >= 4 is 17.5 Å². The maximum Gasteiger partial charge on any atom is 0.270 e. The van der Waals surface area contributed by atoms with E-state index in [4.69, 9.17) is 9.47 Å². The first-order valence-electron chi connectivity index (χ1n) is 10.6. The third kappa shape index (κ3) is 4.04. The van der Waals surface area contributed by atoms with E-state index in [2.05, 4.69) is 5.32 Å². The van der Waals surface area contributed by atoms with Gasteiger partial charge in [0.05, 0.1) is 17.6 Å². The summed E-state index contributed by atoms with van der Waals surface area (Å²) in [5.41, 5.74) is -0.791. The molecule has 0 aromatic heterocycles. The summed E-state index contributed by atoms with van der Waals surface area (Å²) < 4.78 is 11.7. The number of nitro groups is 1. The predicted octanol–water partition coefficient (Wildman–Crippen LogP) is 2.39. The number of benzene rings is 1. The maximum absolute atomic E-state index is 13.5. The zero-order valence-corrected chi connectivity index (χ0v) is 16.9. The smallest absolute Gasteiger partial charge is 0.270 e. The van der Waals surface area contributed by atoms with E-state index in [0.717, 1.165) is 32.1 Å². The summed E-state index contributed by atoms with van der Waals surface area (Å²) in [5, 5.41) is 14.1. The fourth-order valence-corrected chi connectivity index (χ4v) is 4.70. The molecule has 1 aromatic rings. The van der Waals surface area contributed by atoms with Crippen LogP contribution >= 0.6 is 0 Å². The van der Waals surface area contributed by atoms with Gasteiger partial charge in [0.25, 0.3) is 11.6 Å². The Labute approximate surface area is 174 Å². The van der Waals surface area contributed by atoms with Crippen LogP contribution in [-0.4, -0.2) is 59.3 Å². The molecule has 9 nitrogen and oxygen atoms in total. The van der Waals surface area contributed by atoms with Crippen LogP contribution in [0.25, 0.3) is 0 Å². The van der Waals surface area contributed by atoms with Crippen molar-refractivity contribution in [2.24, 2.45) is 0 Å². The Hall–Kier alpha value is -2.52. The molecule has 30 heavy (non-hydrogen) atoms. The van der Waals surface area contributed by atoms with Gasteiger partial charge in [-0.2, -0.15) is 0 Å². The average molecular weight is 417 g/mol. The molecule has 162 valence electrons. The minimum atomic E-state index is -0.828. The third-order valence-corrected chi connectivity index (χ3v) is 6.25. The Morgan fingerprint density at radius 3 is 2.73 bits per heavy atom. The number of amides is 2. The van der Waals surface area contributed by atoms with Gasteiger partial charge in [0, 0.05) is 30.8 Å².